The van der Waals surface area contributed by atoms with Crippen molar-refractivity contribution >= 4 is 5.69 Å². The van der Waals surface area contributed by atoms with Crippen molar-refractivity contribution in [1.29, 1.82) is 0 Å². The van der Waals surface area contributed by atoms with E-state index in [1.54, 1.807) is 0 Å². The summed E-state index contributed by atoms with van der Waals surface area (Å²) in [5, 5.41) is 3.23. The Labute approximate surface area is 84.5 Å². The first-order chi connectivity index (χ1) is 6.72. The topological polar surface area (TPSA) is 90.1 Å². The van der Waals surface area contributed by atoms with Crippen molar-refractivity contribution in [2.24, 2.45) is 11.5 Å². The van der Waals surface area contributed by atoms with E-state index in [0.29, 0.717) is 6.54 Å². The van der Waals surface area contributed by atoms with Gasteiger partial charge in [-0.1, -0.05) is 12.1 Å². The highest BCUT2D eigenvalue weighted by molar-refractivity contribution is 5.39. The van der Waals surface area contributed by atoms with Gasteiger partial charge < -0.3 is 22.5 Å². The van der Waals surface area contributed by atoms with Gasteiger partial charge in [0.05, 0.1) is 0 Å². The van der Waals surface area contributed by atoms with Gasteiger partial charge in [-0.25, -0.2) is 0 Å². The van der Waals surface area contributed by atoms with E-state index in [9.17, 15) is 0 Å². The molecule has 0 fully saturated rings. The van der Waals surface area contributed by atoms with Gasteiger partial charge in [0.1, 0.15) is 0 Å². The van der Waals surface area contributed by atoms with Crippen molar-refractivity contribution in [3.05, 3.63) is 29.8 Å². The molecule has 7 N–H and O–H groups in total. The second kappa shape index (κ2) is 5.59. The molecule has 78 valence electrons. The molecule has 14 heavy (non-hydrogen) atoms. The Morgan fingerprint density at radius 1 is 1.21 bits per heavy atom. The van der Waals surface area contributed by atoms with Crippen LogP contribution in [0.25, 0.3) is 0 Å². The Morgan fingerprint density at radius 3 is 2.43 bits per heavy atom. The maximum absolute atomic E-state index is 5.65. The molecule has 0 saturated carbocycles. The van der Waals surface area contributed by atoms with E-state index >= 15 is 0 Å². The van der Waals surface area contributed by atoms with Crippen molar-refractivity contribution in [1.82, 2.24) is 5.32 Å². The standard InChI is InChI=1S/C10H18N4/c11-5-10(13)7-14-6-8-1-3-9(12)4-2-8/h1-4,10,14H,5-7,11-13H2. The molecule has 4 nitrogen and oxygen atoms in total. The predicted octanol–water partition coefficient (Wildman–Crippen LogP) is -0.356. The van der Waals surface area contributed by atoms with Crippen molar-refractivity contribution in [2.75, 3.05) is 18.8 Å². The summed E-state index contributed by atoms with van der Waals surface area (Å²) in [7, 11) is 0. The molecule has 0 aliphatic carbocycles. The molecule has 0 aliphatic rings. The largest absolute Gasteiger partial charge is 0.399 e. The number of nitrogen functional groups attached to an aromatic ring is 1. The van der Waals surface area contributed by atoms with E-state index in [0.717, 1.165) is 18.8 Å². The van der Waals surface area contributed by atoms with E-state index in [1.165, 1.54) is 5.56 Å². The summed E-state index contributed by atoms with van der Waals surface area (Å²) >= 11 is 0. The van der Waals surface area contributed by atoms with E-state index in [-0.39, 0.29) is 6.04 Å². The van der Waals surface area contributed by atoms with Gasteiger partial charge in [-0.3, -0.25) is 0 Å². The summed E-state index contributed by atoms with van der Waals surface area (Å²) in [6, 6.07) is 7.80. The van der Waals surface area contributed by atoms with Crippen LogP contribution in [0.3, 0.4) is 0 Å². The van der Waals surface area contributed by atoms with Crippen molar-refractivity contribution in [3.8, 4) is 0 Å². The highest BCUT2D eigenvalue weighted by Gasteiger charge is 1.98. The summed E-state index contributed by atoms with van der Waals surface area (Å²) < 4.78 is 0. The van der Waals surface area contributed by atoms with Crippen molar-refractivity contribution in [2.45, 2.75) is 12.6 Å². The van der Waals surface area contributed by atoms with E-state index in [4.69, 9.17) is 17.2 Å². The number of benzene rings is 1. The third-order valence-corrected chi connectivity index (χ3v) is 2.02. The van der Waals surface area contributed by atoms with Gasteiger partial charge in [-0.2, -0.15) is 0 Å². The van der Waals surface area contributed by atoms with Crippen LogP contribution < -0.4 is 22.5 Å². The zero-order chi connectivity index (χ0) is 10.4. The van der Waals surface area contributed by atoms with Crippen LogP contribution in [-0.2, 0) is 6.54 Å². The lowest BCUT2D eigenvalue weighted by molar-refractivity contribution is 0.582. The lowest BCUT2D eigenvalue weighted by Crippen LogP contribution is -2.39. The van der Waals surface area contributed by atoms with Crippen LogP contribution in [0.15, 0.2) is 24.3 Å². The van der Waals surface area contributed by atoms with Crippen LogP contribution in [0, 0.1) is 0 Å². The molecule has 1 unspecified atom stereocenters. The van der Waals surface area contributed by atoms with E-state index in [1.807, 2.05) is 24.3 Å². The summed E-state index contributed by atoms with van der Waals surface area (Å²) in [6.45, 7) is 2.05. The van der Waals surface area contributed by atoms with E-state index in [2.05, 4.69) is 5.32 Å². The van der Waals surface area contributed by atoms with Crippen LogP contribution in [0.2, 0.25) is 0 Å². The molecule has 1 aromatic carbocycles. The van der Waals surface area contributed by atoms with Gasteiger partial charge in [-0.05, 0) is 17.7 Å². The first-order valence-electron chi connectivity index (χ1n) is 4.73. The lowest BCUT2D eigenvalue weighted by Gasteiger charge is -2.10. The van der Waals surface area contributed by atoms with Gasteiger partial charge in [0.25, 0.3) is 0 Å². The summed E-state index contributed by atoms with van der Waals surface area (Å²) in [5.74, 6) is 0. The molecule has 0 heterocycles. The first kappa shape index (κ1) is 11.0. The SMILES string of the molecule is NCC(N)CNCc1ccc(N)cc1. The number of rotatable bonds is 5. The zero-order valence-corrected chi connectivity index (χ0v) is 8.24. The molecule has 0 aliphatic heterocycles. The van der Waals surface area contributed by atoms with Crippen LogP contribution in [0.4, 0.5) is 5.69 Å². The third kappa shape index (κ3) is 3.74. The van der Waals surface area contributed by atoms with Gasteiger partial charge in [0.15, 0.2) is 0 Å². The second-order valence-electron chi connectivity index (χ2n) is 3.37. The fourth-order valence-electron chi connectivity index (χ4n) is 1.12. The molecule has 1 rings (SSSR count). The minimum absolute atomic E-state index is 0.0313. The second-order valence-corrected chi connectivity index (χ2v) is 3.37. The molecule has 0 radical (unpaired) electrons. The van der Waals surface area contributed by atoms with Crippen LogP contribution in [0.1, 0.15) is 5.56 Å². The Bertz CT molecular complexity index is 257. The molecule has 0 amide bonds. The summed E-state index contributed by atoms with van der Waals surface area (Å²) in [6.07, 6.45) is 0. The van der Waals surface area contributed by atoms with Gasteiger partial charge in [-0.15, -0.1) is 0 Å². The summed E-state index contributed by atoms with van der Waals surface area (Å²) in [4.78, 5) is 0. The van der Waals surface area contributed by atoms with E-state index < -0.39 is 0 Å². The number of hydrogen-bond donors (Lipinski definition) is 4. The van der Waals surface area contributed by atoms with Crippen molar-refractivity contribution < 1.29 is 0 Å². The quantitative estimate of drug-likeness (QED) is 0.482. The Morgan fingerprint density at radius 2 is 1.86 bits per heavy atom. The van der Waals surface area contributed by atoms with Gasteiger partial charge >= 0.3 is 0 Å². The first-order valence-corrected chi connectivity index (χ1v) is 4.73. The maximum Gasteiger partial charge on any atom is 0.0314 e. The Hall–Kier alpha value is -1.10. The number of anilines is 1. The molecule has 0 saturated heterocycles. The minimum Gasteiger partial charge on any atom is -0.399 e. The fraction of sp³-hybridized carbons (Fsp3) is 0.400. The molecular weight excluding hydrogens is 176 g/mol. The normalized spacial score (nSPS) is 12.7. The average molecular weight is 194 g/mol. The highest BCUT2D eigenvalue weighted by atomic mass is 14.9. The number of nitrogens with one attached hydrogen (secondary N) is 1. The number of hydrogen-bond acceptors (Lipinski definition) is 4. The number of nitrogens with two attached hydrogens (primary N) is 3. The van der Waals surface area contributed by atoms with Gasteiger partial charge in [0, 0.05) is 31.4 Å². The molecule has 0 bridgehead atoms. The predicted molar refractivity (Wildman–Crippen MR) is 59.6 cm³/mol. The third-order valence-electron chi connectivity index (χ3n) is 2.02. The molecule has 1 atom stereocenters. The highest BCUT2D eigenvalue weighted by Crippen LogP contribution is 2.04. The molecular formula is C10H18N4. The fourth-order valence-corrected chi connectivity index (χ4v) is 1.12. The lowest BCUT2D eigenvalue weighted by atomic mass is 10.2. The molecule has 4 heteroatoms. The van der Waals surface area contributed by atoms with Crippen LogP contribution >= 0.6 is 0 Å². The Balaban J connectivity index is 2.28. The maximum atomic E-state index is 5.65. The summed E-state index contributed by atoms with van der Waals surface area (Å²) in [5.41, 5.74) is 18.6. The van der Waals surface area contributed by atoms with Crippen LogP contribution in [0.5, 0.6) is 0 Å². The van der Waals surface area contributed by atoms with Gasteiger partial charge in [0.2, 0.25) is 0 Å². The van der Waals surface area contributed by atoms with Crippen molar-refractivity contribution in [3.63, 3.8) is 0 Å². The minimum atomic E-state index is 0.0313. The Kier molecular flexibility index (Phi) is 4.39. The molecule has 1 aromatic rings. The van der Waals surface area contributed by atoms with Crippen LogP contribution in [-0.4, -0.2) is 19.1 Å². The monoisotopic (exact) mass is 194 g/mol. The smallest absolute Gasteiger partial charge is 0.0314 e. The molecule has 0 aromatic heterocycles. The molecule has 0 spiro atoms. The zero-order valence-electron chi connectivity index (χ0n) is 8.24. The average Bonchev–Trinajstić information content (AvgIpc) is 2.21.